The Kier molecular flexibility index (Phi) is 4.40. The number of benzene rings is 1. The van der Waals surface area contributed by atoms with E-state index in [9.17, 15) is 0 Å². The van der Waals surface area contributed by atoms with Gasteiger partial charge in [0.25, 0.3) is 0 Å². The first-order valence-corrected chi connectivity index (χ1v) is 6.31. The summed E-state index contributed by atoms with van der Waals surface area (Å²) in [5, 5.41) is 3.40. The molecule has 1 aromatic rings. The monoisotopic (exact) mass is 235 g/mol. The number of ether oxygens (including phenoxy) is 2. The molecule has 17 heavy (non-hydrogen) atoms. The molecule has 0 radical (unpaired) electrons. The summed E-state index contributed by atoms with van der Waals surface area (Å²) in [6.45, 7) is 6.72. The predicted molar refractivity (Wildman–Crippen MR) is 68.3 cm³/mol. The van der Waals surface area contributed by atoms with Gasteiger partial charge in [0.15, 0.2) is 0 Å². The van der Waals surface area contributed by atoms with Crippen molar-refractivity contribution in [1.29, 1.82) is 0 Å². The van der Waals surface area contributed by atoms with E-state index in [1.807, 2.05) is 12.1 Å². The van der Waals surface area contributed by atoms with E-state index in [2.05, 4.69) is 31.3 Å². The van der Waals surface area contributed by atoms with Crippen LogP contribution in [0.2, 0.25) is 0 Å². The average molecular weight is 235 g/mol. The normalized spacial score (nSPS) is 19.8. The average Bonchev–Trinajstić information content (AvgIpc) is 2.80. The minimum absolute atomic E-state index is 0.225. The van der Waals surface area contributed by atoms with E-state index in [1.54, 1.807) is 0 Å². The molecule has 0 bridgehead atoms. The molecular weight excluding hydrogens is 214 g/mol. The Morgan fingerprint density at radius 3 is 3.06 bits per heavy atom. The third-order valence-corrected chi connectivity index (χ3v) is 2.80. The first kappa shape index (κ1) is 12.4. The van der Waals surface area contributed by atoms with E-state index in [1.165, 1.54) is 5.56 Å². The van der Waals surface area contributed by atoms with Crippen molar-refractivity contribution in [2.24, 2.45) is 0 Å². The minimum Gasteiger partial charge on any atom is -0.488 e. The van der Waals surface area contributed by atoms with Gasteiger partial charge in [-0.2, -0.15) is 0 Å². The summed E-state index contributed by atoms with van der Waals surface area (Å²) in [4.78, 5) is 0. The van der Waals surface area contributed by atoms with Crippen LogP contribution in [0.5, 0.6) is 5.75 Å². The lowest BCUT2D eigenvalue weighted by molar-refractivity contribution is 0.141. The molecule has 0 saturated carbocycles. The molecule has 0 amide bonds. The molecule has 1 atom stereocenters. The third-order valence-electron chi connectivity index (χ3n) is 2.80. The zero-order chi connectivity index (χ0) is 12.1. The van der Waals surface area contributed by atoms with Crippen LogP contribution in [-0.2, 0) is 11.3 Å². The number of rotatable bonds is 5. The first-order chi connectivity index (χ1) is 8.24. The van der Waals surface area contributed by atoms with Gasteiger partial charge in [0.1, 0.15) is 11.9 Å². The zero-order valence-electron chi connectivity index (χ0n) is 10.6. The van der Waals surface area contributed by atoms with Crippen LogP contribution in [0.25, 0.3) is 0 Å². The van der Waals surface area contributed by atoms with Gasteiger partial charge in [-0.25, -0.2) is 0 Å². The van der Waals surface area contributed by atoms with Crippen LogP contribution in [0.4, 0.5) is 0 Å². The van der Waals surface area contributed by atoms with Gasteiger partial charge in [-0.05, 0) is 17.7 Å². The molecule has 3 nitrogen and oxygen atoms in total. The molecule has 1 aromatic carbocycles. The molecule has 94 valence electrons. The minimum atomic E-state index is 0.225. The molecular formula is C14H21NO2. The zero-order valence-corrected chi connectivity index (χ0v) is 10.6. The maximum Gasteiger partial charge on any atom is 0.124 e. The summed E-state index contributed by atoms with van der Waals surface area (Å²) in [5.74, 6) is 0.948. The Bertz CT molecular complexity index is 346. The van der Waals surface area contributed by atoms with Crippen molar-refractivity contribution in [3.63, 3.8) is 0 Å². The third kappa shape index (κ3) is 4.02. The molecule has 3 heteroatoms. The van der Waals surface area contributed by atoms with Crippen LogP contribution in [0.1, 0.15) is 25.8 Å². The van der Waals surface area contributed by atoms with E-state index >= 15 is 0 Å². The second-order valence-corrected chi connectivity index (χ2v) is 4.79. The van der Waals surface area contributed by atoms with Crippen LogP contribution in [-0.4, -0.2) is 25.4 Å². The lowest BCUT2D eigenvalue weighted by atomic mass is 10.2. The predicted octanol–water partition coefficient (Wildman–Crippen LogP) is 2.35. The standard InChI is InChI=1S/C14H21NO2/c1-11(2)15-9-12-4-3-5-13(8-12)17-14-6-7-16-10-14/h3-5,8,11,14-15H,6-7,9-10H2,1-2H3. The largest absolute Gasteiger partial charge is 0.488 e. The van der Waals surface area contributed by atoms with Crippen molar-refractivity contribution < 1.29 is 9.47 Å². The Balaban J connectivity index is 1.91. The first-order valence-electron chi connectivity index (χ1n) is 6.31. The van der Waals surface area contributed by atoms with Crippen molar-refractivity contribution in [2.45, 2.75) is 39.0 Å². The molecule has 0 aromatic heterocycles. The summed E-state index contributed by atoms with van der Waals surface area (Å²) < 4.78 is 11.2. The van der Waals surface area contributed by atoms with Gasteiger partial charge >= 0.3 is 0 Å². The smallest absolute Gasteiger partial charge is 0.124 e. The maximum absolute atomic E-state index is 5.87. The Labute approximate surface area is 103 Å². The van der Waals surface area contributed by atoms with Gasteiger partial charge in [-0.15, -0.1) is 0 Å². The quantitative estimate of drug-likeness (QED) is 0.850. The molecule has 1 fully saturated rings. The lowest BCUT2D eigenvalue weighted by Gasteiger charge is -2.13. The number of hydrogen-bond donors (Lipinski definition) is 1. The van der Waals surface area contributed by atoms with E-state index in [4.69, 9.17) is 9.47 Å². The molecule has 0 spiro atoms. The fourth-order valence-corrected chi connectivity index (χ4v) is 1.85. The number of hydrogen-bond acceptors (Lipinski definition) is 3. The Morgan fingerprint density at radius 1 is 1.47 bits per heavy atom. The maximum atomic E-state index is 5.87. The topological polar surface area (TPSA) is 30.5 Å². The van der Waals surface area contributed by atoms with Gasteiger partial charge in [0.05, 0.1) is 13.2 Å². The van der Waals surface area contributed by atoms with E-state index in [0.717, 1.165) is 25.3 Å². The highest BCUT2D eigenvalue weighted by Crippen LogP contribution is 2.18. The second-order valence-electron chi connectivity index (χ2n) is 4.79. The number of nitrogens with one attached hydrogen (secondary N) is 1. The molecule has 2 rings (SSSR count). The van der Waals surface area contributed by atoms with Crippen LogP contribution >= 0.6 is 0 Å². The fourth-order valence-electron chi connectivity index (χ4n) is 1.85. The van der Waals surface area contributed by atoms with Crippen LogP contribution in [0, 0.1) is 0 Å². The van der Waals surface area contributed by atoms with Gasteiger partial charge in [-0.3, -0.25) is 0 Å². The van der Waals surface area contributed by atoms with Crippen molar-refractivity contribution in [1.82, 2.24) is 5.32 Å². The molecule has 1 aliphatic rings. The van der Waals surface area contributed by atoms with Crippen LogP contribution in [0.3, 0.4) is 0 Å². The molecule has 1 unspecified atom stereocenters. The molecule has 1 heterocycles. The van der Waals surface area contributed by atoms with Crippen molar-refractivity contribution in [2.75, 3.05) is 13.2 Å². The molecule has 1 N–H and O–H groups in total. The van der Waals surface area contributed by atoms with Crippen molar-refractivity contribution in [3.05, 3.63) is 29.8 Å². The van der Waals surface area contributed by atoms with Crippen molar-refractivity contribution in [3.8, 4) is 5.75 Å². The highest BCUT2D eigenvalue weighted by Gasteiger charge is 2.16. The summed E-state index contributed by atoms with van der Waals surface area (Å²) >= 11 is 0. The summed E-state index contributed by atoms with van der Waals surface area (Å²) in [7, 11) is 0. The van der Waals surface area contributed by atoms with E-state index in [-0.39, 0.29) is 6.10 Å². The van der Waals surface area contributed by atoms with Gasteiger partial charge in [0, 0.05) is 19.0 Å². The lowest BCUT2D eigenvalue weighted by Crippen LogP contribution is -2.22. The van der Waals surface area contributed by atoms with Crippen molar-refractivity contribution >= 4 is 0 Å². The van der Waals surface area contributed by atoms with Gasteiger partial charge in [0.2, 0.25) is 0 Å². The van der Waals surface area contributed by atoms with Crippen LogP contribution < -0.4 is 10.1 Å². The Hall–Kier alpha value is -1.06. The fraction of sp³-hybridized carbons (Fsp3) is 0.571. The van der Waals surface area contributed by atoms with Crippen LogP contribution in [0.15, 0.2) is 24.3 Å². The van der Waals surface area contributed by atoms with E-state index < -0.39 is 0 Å². The van der Waals surface area contributed by atoms with Gasteiger partial charge < -0.3 is 14.8 Å². The molecule has 0 aliphatic carbocycles. The second kappa shape index (κ2) is 6.03. The molecule has 1 saturated heterocycles. The SMILES string of the molecule is CC(C)NCc1cccc(OC2CCOC2)c1. The Morgan fingerprint density at radius 2 is 2.35 bits per heavy atom. The highest BCUT2D eigenvalue weighted by molar-refractivity contribution is 5.28. The summed E-state index contributed by atoms with van der Waals surface area (Å²) in [5.41, 5.74) is 1.26. The van der Waals surface area contributed by atoms with E-state index in [0.29, 0.717) is 12.6 Å². The summed E-state index contributed by atoms with van der Waals surface area (Å²) in [6.07, 6.45) is 1.22. The van der Waals surface area contributed by atoms with Gasteiger partial charge in [-0.1, -0.05) is 26.0 Å². The summed E-state index contributed by atoms with van der Waals surface area (Å²) in [6, 6.07) is 8.78. The highest BCUT2D eigenvalue weighted by atomic mass is 16.5. The molecule has 1 aliphatic heterocycles.